The van der Waals surface area contributed by atoms with Crippen molar-refractivity contribution in [3.8, 4) is 0 Å². The van der Waals surface area contributed by atoms with E-state index in [0.717, 1.165) is 12.0 Å². The first kappa shape index (κ1) is 12.5. The van der Waals surface area contributed by atoms with Crippen molar-refractivity contribution in [2.45, 2.75) is 38.4 Å². The minimum absolute atomic E-state index is 0.404. The molecule has 1 rings (SSSR count). The summed E-state index contributed by atoms with van der Waals surface area (Å²) in [5.41, 5.74) is 0.877. The van der Waals surface area contributed by atoms with Gasteiger partial charge in [-0.1, -0.05) is 43.1 Å². The Balaban J connectivity index is 2.58. The third kappa shape index (κ3) is 3.82. The first-order valence-electron chi connectivity index (χ1n) is 5.24. The first-order chi connectivity index (χ1) is 7.15. The third-order valence-electron chi connectivity index (χ3n) is 2.42. The van der Waals surface area contributed by atoms with Gasteiger partial charge in [0.25, 0.3) is 0 Å². The Morgan fingerprint density at radius 2 is 1.87 bits per heavy atom. The quantitative estimate of drug-likeness (QED) is 0.813. The van der Waals surface area contributed by atoms with Crippen LogP contribution in [0.3, 0.4) is 0 Å². The van der Waals surface area contributed by atoms with Crippen LogP contribution in [0.25, 0.3) is 0 Å². The first-order valence-corrected chi connectivity index (χ1v) is 5.62. The smallest absolute Gasteiger partial charge is 0.0839 e. The van der Waals surface area contributed by atoms with Crippen molar-refractivity contribution in [2.24, 2.45) is 0 Å². The molecule has 2 atom stereocenters. The molecule has 15 heavy (non-hydrogen) atoms. The molecular weight excluding hydrogens is 212 g/mol. The fourth-order valence-electron chi connectivity index (χ4n) is 1.51. The zero-order chi connectivity index (χ0) is 11.3. The van der Waals surface area contributed by atoms with E-state index in [9.17, 15) is 10.2 Å². The fraction of sp³-hybridized carbons (Fsp3) is 0.500. The van der Waals surface area contributed by atoms with Crippen molar-refractivity contribution in [3.05, 3.63) is 34.9 Å². The Kier molecular flexibility index (Phi) is 5.09. The summed E-state index contributed by atoms with van der Waals surface area (Å²) in [6, 6.07) is 7.38. The van der Waals surface area contributed by atoms with Gasteiger partial charge in [0.2, 0.25) is 0 Å². The Morgan fingerprint density at radius 1 is 1.20 bits per heavy atom. The highest BCUT2D eigenvalue weighted by Crippen LogP contribution is 2.18. The van der Waals surface area contributed by atoms with Gasteiger partial charge >= 0.3 is 0 Å². The average molecular weight is 229 g/mol. The van der Waals surface area contributed by atoms with E-state index in [1.165, 1.54) is 0 Å². The highest BCUT2D eigenvalue weighted by molar-refractivity contribution is 6.31. The molecule has 0 spiro atoms. The van der Waals surface area contributed by atoms with Gasteiger partial charge in [0.05, 0.1) is 12.2 Å². The molecule has 0 radical (unpaired) electrons. The Morgan fingerprint density at radius 3 is 2.47 bits per heavy atom. The second-order valence-corrected chi connectivity index (χ2v) is 4.13. The monoisotopic (exact) mass is 228 g/mol. The summed E-state index contributed by atoms with van der Waals surface area (Å²) in [7, 11) is 0. The topological polar surface area (TPSA) is 40.5 Å². The minimum Gasteiger partial charge on any atom is -0.390 e. The summed E-state index contributed by atoms with van der Waals surface area (Å²) in [6.07, 6.45) is 0.490. The van der Waals surface area contributed by atoms with Crippen LogP contribution in [0.4, 0.5) is 0 Å². The Bertz CT molecular complexity index is 301. The van der Waals surface area contributed by atoms with E-state index in [2.05, 4.69) is 0 Å². The lowest BCUT2D eigenvalue weighted by molar-refractivity contribution is 0.0148. The van der Waals surface area contributed by atoms with Crippen LogP contribution in [0.5, 0.6) is 0 Å². The zero-order valence-electron chi connectivity index (χ0n) is 8.86. The highest BCUT2D eigenvalue weighted by atomic mass is 35.5. The van der Waals surface area contributed by atoms with E-state index in [4.69, 9.17) is 11.6 Å². The lowest BCUT2D eigenvalue weighted by Gasteiger charge is -2.17. The second kappa shape index (κ2) is 6.11. The molecule has 0 aliphatic rings. The van der Waals surface area contributed by atoms with Crippen LogP contribution < -0.4 is 0 Å². The van der Waals surface area contributed by atoms with Gasteiger partial charge < -0.3 is 10.2 Å². The van der Waals surface area contributed by atoms with Gasteiger partial charge in [-0.2, -0.15) is 0 Å². The third-order valence-corrected chi connectivity index (χ3v) is 2.78. The van der Waals surface area contributed by atoms with Crippen LogP contribution in [0.2, 0.25) is 5.02 Å². The van der Waals surface area contributed by atoms with E-state index in [-0.39, 0.29) is 0 Å². The molecule has 0 bridgehead atoms. The standard InChI is InChI=1S/C12H17ClO2/c1-2-5-11(14)12(15)8-9-6-3-4-7-10(9)13/h3-4,6-7,11-12,14-15H,2,5,8H2,1H3. The molecule has 0 saturated heterocycles. The van der Waals surface area contributed by atoms with E-state index < -0.39 is 12.2 Å². The normalized spacial score (nSPS) is 14.9. The lowest BCUT2D eigenvalue weighted by Crippen LogP contribution is -2.27. The van der Waals surface area contributed by atoms with Gasteiger partial charge in [0.15, 0.2) is 0 Å². The summed E-state index contributed by atoms with van der Waals surface area (Å²) in [5.74, 6) is 0. The predicted molar refractivity (Wildman–Crippen MR) is 62.1 cm³/mol. The number of hydrogen-bond donors (Lipinski definition) is 2. The Hall–Kier alpha value is -0.570. The number of benzene rings is 1. The molecule has 1 aromatic carbocycles. The van der Waals surface area contributed by atoms with E-state index in [1.807, 2.05) is 25.1 Å². The summed E-state index contributed by atoms with van der Waals surface area (Å²) in [6.45, 7) is 1.98. The minimum atomic E-state index is -0.732. The average Bonchev–Trinajstić information content (AvgIpc) is 2.21. The van der Waals surface area contributed by atoms with Gasteiger partial charge in [0.1, 0.15) is 0 Å². The molecule has 0 aliphatic heterocycles. The van der Waals surface area contributed by atoms with Crippen molar-refractivity contribution in [3.63, 3.8) is 0 Å². The van der Waals surface area contributed by atoms with Gasteiger partial charge in [-0.05, 0) is 18.1 Å². The van der Waals surface area contributed by atoms with Crippen LogP contribution >= 0.6 is 11.6 Å². The predicted octanol–water partition coefficient (Wildman–Crippen LogP) is 2.40. The SMILES string of the molecule is CCCC(O)C(O)Cc1ccccc1Cl. The van der Waals surface area contributed by atoms with Crippen LogP contribution in [-0.2, 0) is 6.42 Å². The fourth-order valence-corrected chi connectivity index (χ4v) is 1.73. The van der Waals surface area contributed by atoms with Crippen LogP contribution in [0.15, 0.2) is 24.3 Å². The molecule has 0 heterocycles. The molecule has 0 aliphatic carbocycles. The number of aliphatic hydroxyl groups is 2. The molecule has 2 nitrogen and oxygen atoms in total. The van der Waals surface area contributed by atoms with Gasteiger partial charge in [-0.3, -0.25) is 0 Å². The van der Waals surface area contributed by atoms with E-state index >= 15 is 0 Å². The van der Waals surface area contributed by atoms with Crippen molar-refractivity contribution < 1.29 is 10.2 Å². The summed E-state index contributed by atoms with van der Waals surface area (Å²) in [5, 5.41) is 19.9. The molecular formula is C12H17ClO2. The molecule has 2 unspecified atom stereocenters. The van der Waals surface area contributed by atoms with Crippen LogP contribution in [-0.4, -0.2) is 22.4 Å². The lowest BCUT2D eigenvalue weighted by atomic mass is 10.0. The Labute approximate surface area is 95.5 Å². The van der Waals surface area contributed by atoms with Crippen molar-refractivity contribution in [1.82, 2.24) is 0 Å². The van der Waals surface area contributed by atoms with Crippen LogP contribution in [0.1, 0.15) is 25.3 Å². The molecule has 3 heteroatoms. The molecule has 0 saturated carbocycles. The largest absolute Gasteiger partial charge is 0.390 e. The van der Waals surface area contributed by atoms with Crippen LogP contribution in [0, 0.1) is 0 Å². The van der Waals surface area contributed by atoms with E-state index in [0.29, 0.717) is 17.9 Å². The summed E-state index contributed by atoms with van der Waals surface area (Å²) in [4.78, 5) is 0. The maximum Gasteiger partial charge on any atom is 0.0839 e. The summed E-state index contributed by atoms with van der Waals surface area (Å²) >= 11 is 5.96. The second-order valence-electron chi connectivity index (χ2n) is 3.72. The highest BCUT2D eigenvalue weighted by Gasteiger charge is 2.16. The molecule has 0 fully saturated rings. The maximum atomic E-state index is 9.72. The molecule has 0 aromatic heterocycles. The van der Waals surface area contributed by atoms with Crippen molar-refractivity contribution >= 4 is 11.6 Å². The molecule has 2 N–H and O–H groups in total. The number of rotatable bonds is 5. The molecule has 0 amide bonds. The van der Waals surface area contributed by atoms with Gasteiger partial charge in [-0.15, -0.1) is 0 Å². The van der Waals surface area contributed by atoms with Crippen molar-refractivity contribution in [2.75, 3.05) is 0 Å². The number of hydrogen-bond acceptors (Lipinski definition) is 2. The zero-order valence-corrected chi connectivity index (χ0v) is 9.61. The number of halogens is 1. The molecule has 84 valence electrons. The van der Waals surface area contributed by atoms with Crippen molar-refractivity contribution in [1.29, 1.82) is 0 Å². The van der Waals surface area contributed by atoms with E-state index in [1.54, 1.807) is 6.07 Å². The van der Waals surface area contributed by atoms with Gasteiger partial charge in [0, 0.05) is 11.4 Å². The van der Waals surface area contributed by atoms with Gasteiger partial charge in [-0.25, -0.2) is 0 Å². The summed E-state index contributed by atoms with van der Waals surface area (Å²) < 4.78 is 0. The maximum absolute atomic E-state index is 9.72. The molecule has 1 aromatic rings. The number of aliphatic hydroxyl groups excluding tert-OH is 2.